The van der Waals surface area contributed by atoms with E-state index in [2.05, 4.69) is 4.98 Å². The Morgan fingerprint density at radius 1 is 1.56 bits per heavy atom. The second kappa shape index (κ2) is 5.24. The quantitative estimate of drug-likeness (QED) is 0.792. The Kier molecular flexibility index (Phi) is 3.88. The van der Waals surface area contributed by atoms with Gasteiger partial charge < -0.3 is 10.0 Å². The molecule has 0 aliphatic carbocycles. The van der Waals surface area contributed by atoms with Crippen LogP contribution in [0, 0.1) is 12.8 Å². The molecule has 0 spiro atoms. The van der Waals surface area contributed by atoms with Gasteiger partial charge in [-0.25, -0.2) is 4.98 Å². The monoisotopic (exact) mass is 268 g/mol. The second-order valence-electron chi connectivity index (χ2n) is 4.90. The number of hydrogen-bond acceptors (Lipinski definition) is 3. The van der Waals surface area contributed by atoms with Gasteiger partial charge in [0, 0.05) is 24.3 Å². The molecular formula is C13H17ClN2O2. The highest BCUT2D eigenvalue weighted by Gasteiger charge is 2.28. The number of aryl methyl sites for hydroxylation is 1. The van der Waals surface area contributed by atoms with Crippen molar-refractivity contribution in [1.29, 1.82) is 0 Å². The van der Waals surface area contributed by atoms with Crippen LogP contribution < -0.4 is 0 Å². The zero-order valence-electron chi connectivity index (χ0n) is 10.6. The molecule has 1 aromatic rings. The van der Waals surface area contributed by atoms with Gasteiger partial charge in [0.15, 0.2) is 0 Å². The van der Waals surface area contributed by atoms with Crippen LogP contribution in [0.3, 0.4) is 0 Å². The van der Waals surface area contributed by atoms with Gasteiger partial charge in [-0.2, -0.15) is 0 Å². The zero-order chi connectivity index (χ0) is 13.3. The van der Waals surface area contributed by atoms with E-state index in [1.807, 2.05) is 6.92 Å². The first-order valence-electron chi connectivity index (χ1n) is 6.09. The first-order valence-corrected chi connectivity index (χ1v) is 6.46. The topological polar surface area (TPSA) is 53.4 Å². The van der Waals surface area contributed by atoms with Crippen LogP contribution in [0.15, 0.2) is 12.1 Å². The molecule has 2 rings (SSSR count). The van der Waals surface area contributed by atoms with Gasteiger partial charge in [-0.1, -0.05) is 18.5 Å². The molecule has 1 N–H and O–H groups in total. The summed E-state index contributed by atoms with van der Waals surface area (Å²) in [6.07, 6.45) is 0.381. The number of carbonyl (C=O) groups excluding carboxylic acids is 1. The molecule has 98 valence electrons. The van der Waals surface area contributed by atoms with Crippen molar-refractivity contribution >= 4 is 17.5 Å². The normalized spacial score (nSPS) is 24.1. The summed E-state index contributed by atoms with van der Waals surface area (Å²) in [5.41, 5.74) is 1.26. The van der Waals surface area contributed by atoms with Crippen molar-refractivity contribution in [3.63, 3.8) is 0 Å². The third kappa shape index (κ3) is 2.82. The SMILES string of the molecule is Cc1cc(C(=O)N2CCC(C)C(O)C2)cc(Cl)n1. The summed E-state index contributed by atoms with van der Waals surface area (Å²) in [6.45, 7) is 4.87. The number of likely N-dealkylation sites (tertiary alicyclic amines) is 1. The second-order valence-corrected chi connectivity index (χ2v) is 5.29. The lowest BCUT2D eigenvalue weighted by molar-refractivity contribution is 0.0248. The summed E-state index contributed by atoms with van der Waals surface area (Å²) in [4.78, 5) is 18.0. The Labute approximate surface area is 112 Å². The molecule has 2 unspecified atom stereocenters. The lowest BCUT2D eigenvalue weighted by atomic mass is 9.95. The molecule has 2 heterocycles. The van der Waals surface area contributed by atoms with Crippen LogP contribution in [0.4, 0.5) is 0 Å². The van der Waals surface area contributed by atoms with Gasteiger partial charge in [-0.3, -0.25) is 4.79 Å². The van der Waals surface area contributed by atoms with E-state index in [4.69, 9.17) is 11.6 Å². The summed E-state index contributed by atoms with van der Waals surface area (Å²) in [5, 5.41) is 10.1. The summed E-state index contributed by atoms with van der Waals surface area (Å²) in [5.74, 6) is 0.158. The number of carbonyl (C=O) groups is 1. The van der Waals surface area contributed by atoms with Crippen LogP contribution >= 0.6 is 11.6 Å². The number of hydrogen-bond donors (Lipinski definition) is 1. The molecule has 1 aromatic heterocycles. The van der Waals surface area contributed by atoms with Gasteiger partial charge in [0.2, 0.25) is 0 Å². The van der Waals surface area contributed by atoms with Crippen molar-refractivity contribution in [3.05, 3.63) is 28.5 Å². The maximum atomic E-state index is 12.3. The number of amides is 1. The lowest BCUT2D eigenvalue weighted by Crippen LogP contribution is -2.45. The minimum absolute atomic E-state index is 0.0895. The smallest absolute Gasteiger partial charge is 0.254 e. The molecule has 1 aliphatic rings. The minimum atomic E-state index is -0.443. The third-order valence-electron chi connectivity index (χ3n) is 3.37. The molecule has 18 heavy (non-hydrogen) atoms. The van der Waals surface area contributed by atoms with Crippen molar-refractivity contribution in [2.45, 2.75) is 26.4 Å². The van der Waals surface area contributed by atoms with E-state index < -0.39 is 6.10 Å². The van der Waals surface area contributed by atoms with Crippen LogP contribution in [0.2, 0.25) is 5.15 Å². The summed E-state index contributed by atoms with van der Waals surface area (Å²) in [7, 11) is 0. The number of rotatable bonds is 1. The van der Waals surface area contributed by atoms with E-state index in [0.717, 1.165) is 12.1 Å². The first-order chi connectivity index (χ1) is 8.47. The largest absolute Gasteiger partial charge is 0.391 e. The zero-order valence-corrected chi connectivity index (χ0v) is 11.3. The molecule has 0 aromatic carbocycles. The number of aliphatic hydroxyl groups is 1. The Hall–Kier alpha value is -1.13. The van der Waals surface area contributed by atoms with Gasteiger partial charge >= 0.3 is 0 Å². The van der Waals surface area contributed by atoms with Crippen LogP contribution in [0.1, 0.15) is 29.4 Å². The fourth-order valence-electron chi connectivity index (χ4n) is 2.17. The number of aliphatic hydroxyl groups excluding tert-OH is 1. The molecule has 0 bridgehead atoms. The summed E-state index contributed by atoms with van der Waals surface area (Å²) in [6, 6.07) is 3.29. The van der Waals surface area contributed by atoms with Crippen molar-refractivity contribution < 1.29 is 9.90 Å². The van der Waals surface area contributed by atoms with Gasteiger partial charge in [0.25, 0.3) is 5.91 Å². The summed E-state index contributed by atoms with van der Waals surface area (Å²) >= 11 is 5.85. The molecule has 1 fully saturated rings. The van der Waals surface area contributed by atoms with Crippen molar-refractivity contribution in [1.82, 2.24) is 9.88 Å². The highest BCUT2D eigenvalue weighted by Crippen LogP contribution is 2.20. The standard InChI is InChI=1S/C13H17ClN2O2/c1-8-3-4-16(7-11(8)17)13(18)10-5-9(2)15-12(14)6-10/h5-6,8,11,17H,3-4,7H2,1-2H3. The van der Waals surface area contributed by atoms with Crippen molar-refractivity contribution in [2.75, 3.05) is 13.1 Å². The molecule has 0 saturated carbocycles. The number of nitrogens with zero attached hydrogens (tertiary/aromatic N) is 2. The molecule has 1 amide bonds. The van der Waals surface area contributed by atoms with E-state index in [1.165, 1.54) is 0 Å². The Bertz CT molecular complexity index is 444. The Morgan fingerprint density at radius 3 is 2.89 bits per heavy atom. The predicted octanol–water partition coefficient (Wildman–Crippen LogP) is 1.89. The molecule has 2 atom stereocenters. The van der Waals surface area contributed by atoms with Crippen LogP contribution in [-0.4, -0.2) is 40.1 Å². The highest BCUT2D eigenvalue weighted by molar-refractivity contribution is 6.29. The van der Waals surface area contributed by atoms with Crippen LogP contribution in [0.25, 0.3) is 0 Å². The molecule has 5 heteroatoms. The third-order valence-corrected chi connectivity index (χ3v) is 3.57. The number of halogens is 1. The Morgan fingerprint density at radius 2 is 2.28 bits per heavy atom. The molecule has 4 nitrogen and oxygen atoms in total. The van der Waals surface area contributed by atoms with E-state index in [9.17, 15) is 9.90 Å². The van der Waals surface area contributed by atoms with Gasteiger partial charge in [0.05, 0.1) is 6.10 Å². The maximum absolute atomic E-state index is 12.3. The fraction of sp³-hybridized carbons (Fsp3) is 0.538. The van der Waals surface area contributed by atoms with Crippen LogP contribution in [0.5, 0.6) is 0 Å². The molecule has 1 aliphatic heterocycles. The number of aromatic nitrogens is 1. The lowest BCUT2D eigenvalue weighted by Gasteiger charge is -2.34. The predicted molar refractivity (Wildman–Crippen MR) is 69.7 cm³/mol. The highest BCUT2D eigenvalue weighted by atomic mass is 35.5. The maximum Gasteiger partial charge on any atom is 0.254 e. The average molecular weight is 269 g/mol. The molecule has 0 radical (unpaired) electrons. The van der Waals surface area contributed by atoms with E-state index in [0.29, 0.717) is 23.8 Å². The molecule has 1 saturated heterocycles. The number of piperidine rings is 1. The van der Waals surface area contributed by atoms with Crippen molar-refractivity contribution in [3.8, 4) is 0 Å². The Balaban J connectivity index is 2.16. The van der Waals surface area contributed by atoms with Crippen molar-refractivity contribution in [2.24, 2.45) is 5.92 Å². The molecular weight excluding hydrogens is 252 g/mol. The van der Waals surface area contributed by atoms with E-state index in [1.54, 1.807) is 24.0 Å². The van der Waals surface area contributed by atoms with E-state index in [-0.39, 0.29) is 11.8 Å². The minimum Gasteiger partial charge on any atom is -0.391 e. The fourth-order valence-corrected chi connectivity index (χ4v) is 2.42. The average Bonchev–Trinajstić information content (AvgIpc) is 2.30. The van der Waals surface area contributed by atoms with E-state index >= 15 is 0 Å². The van der Waals surface area contributed by atoms with Gasteiger partial charge in [-0.15, -0.1) is 0 Å². The first kappa shape index (κ1) is 13.3. The number of pyridine rings is 1. The number of β-amino-alcohol motifs (C(OH)–C–C–N with tert-alkyl or cyclic N) is 1. The van der Waals surface area contributed by atoms with Gasteiger partial charge in [0.1, 0.15) is 5.15 Å². The van der Waals surface area contributed by atoms with Gasteiger partial charge in [-0.05, 0) is 31.4 Å². The summed E-state index contributed by atoms with van der Waals surface area (Å²) < 4.78 is 0. The van der Waals surface area contributed by atoms with Crippen LogP contribution in [-0.2, 0) is 0 Å².